The minimum atomic E-state index is -2.81. The fraction of sp³-hybridized carbons (Fsp3) is 0.667. The zero-order chi connectivity index (χ0) is 10.9. The van der Waals surface area contributed by atoms with Gasteiger partial charge in [0.2, 0.25) is 0 Å². The van der Waals surface area contributed by atoms with Crippen molar-refractivity contribution in [1.29, 1.82) is 0 Å². The second kappa shape index (κ2) is 3.94. The molecule has 0 spiro atoms. The average molecular weight is 230 g/mol. The highest BCUT2D eigenvalue weighted by atomic mass is 32.2. The van der Waals surface area contributed by atoms with Crippen LogP contribution < -0.4 is 0 Å². The van der Waals surface area contributed by atoms with Gasteiger partial charge < -0.3 is 5.11 Å². The Labute approximate surface area is 88.4 Å². The van der Waals surface area contributed by atoms with E-state index < -0.39 is 9.84 Å². The van der Waals surface area contributed by atoms with E-state index in [0.717, 1.165) is 5.69 Å². The van der Waals surface area contributed by atoms with Gasteiger partial charge in [-0.2, -0.15) is 5.10 Å². The smallest absolute Gasteiger partial charge is 0.150 e. The Hall–Kier alpha value is -0.880. The highest BCUT2D eigenvalue weighted by Gasteiger charge is 2.26. The van der Waals surface area contributed by atoms with E-state index in [9.17, 15) is 8.42 Å². The van der Waals surface area contributed by atoms with E-state index >= 15 is 0 Å². The summed E-state index contributed by atoms with van der Waals surface area (Å²) in [5, 5.41) is 15.7. The number of hydrogen-bond donors (Lipinski definition) is 2. The lowest BCUT2D eigenvalue weighted by molar-refractivity contribution is 0.276. The van der Waals surface area contributed by atoms with Gasteiger partial charge in [0.25, 0.3) is 0 Å². The van der Waals surface area contributed by atoms with Crippen molar-refractivity contribution in [3.05, 3.63) is 17.5 Å². The molecule has 2 heterocycles. The van der Waals surface area contributed by atoms with Gasteiger partial charge in [0.1, 0.15) is 9.84 Å². The molecule has 0 atom stereocenters. The zero-order valence-electron chi connectivity index (χ0n) is 8.31. The van der Waals surface area contributed by atoms with Crippen molar-refractivity contribution in [2.75, 3.05) is 11.5 Å². The Kier molecular flexibility index (Phi) is 2.79. The molecule has 84 valence electrons. The first kappa shape index (κ1) is 10.6. The van der Waals surface area contributed by atoms with Gasteiger partial charge >= 0.3 is 0 Å². The van der Waals surface area contributed by atoms with Gasteiger partial charge in [-0.15, -0.1) is 0 Å². The first-order chi connectivity index (χ1) is 7.11. The topological polar surface area (TPSA) is 83.0 Å². The van der Waals surface area contributed by atoms with Crippen LogP contribution in [0.4, 0.5) is 0 Å². The molecule has 0 aromatic carbocycles. The lowest BCUT2D eigenvalue weighted by Crippen LogP contribution is -2.22. The van der Waals surface area contributed by atoms with Gasteiger partial charge in [-0.25, -0.2) is 8.42 Å². The molecule has 2 N–H and O–H groups in total. The molecule has 1 aromatic rings. The van der Waals surface area contributed by atoms with E-state index in [1.54, 1.807) is 0 Å². The molecule has 0 bridgehead atoms. The van der Waals surface area contributed by atoms with Crippen molar-refractivity contribution in [2.24, 2.45) is 0 Å². The molecule has 0 saturated carbocycles. The van der Waals surface area contributed by atoms with Crippen LogP contribution in [0.2, 0.25) is 0 Å². The molecule has 5 nitrogen and oxygen atoms in total. The SMILES string of the molecule is O=S1(=O)CCC(c2cc(CO)[nH]n2)CC1. The largest absolute Gasteiger partial charge is 0.390 e. The third-order valence-corrected chi connectivity index (χ3v) is 4.51. The summed E-state index contributed by atoms with van der Waals surface area (Å²) in [6.07, 6.45) is 1.27. The van der Waals surface area contributed by atoms with E-state index in [0.29, 0.717) is 18.5 Å². The maximum absolute atomic E-state index is 11.2. The number of nitrogens with zero attached hydrogens (tertiary/aromatic N) is 1. The van der Waals surface area contributed by atoms with Gasteiger partial charge in [-0.1, -0.05) is 0 Å². The number of rotatable bonds is 2. The lowest BCUT2D eigenvalue weighted by atomic mass is 9.99. The molecule has 0 amide bonds. The number of aromatic nitrogens is 2. The highest BCUT2D eigenvalue weighted by molar-refractivity contribution is 7.91. The molecule has 1 aliphatic heterocycles. The molecule has 1 fully saturated rings. The molecule has 15 heavy (non-hydrogen) atoms. The molecule has 2 rings (SSSR count). The number of sulfone groups is 1. The van der Waals surface area contributed by atoms with Crippen molar-refractivity contribution in [2.45, 2.75) is 25.4 Å². The number of aliphatic hydroxyl groups is 1. The van der Waals surface area contributed by atoms with Crippen LogP contribution in [0.3, 0.4) is 0 Å². The van der Waals surface area contributed by atoms with Crippen molar-refractivity contribution < 1.29 is 13.5 Å². The molecule has 0 aliphatic carbocycles. The first-order valence-electron chi connectivity index (χ1n) is 4.96. The van der Waals surface area contributed by atoms with Crippen LogP contribution in [0.15, 0.2) is 6.07 Å². The number of nitrogens with one attached hydrogen (secondary N) is 1. The monoisotopic (exact) mass is 230 g/mol. The average Bonchev–Trinajstić information content (AvgIpc) is 2.66. The fourth-order valence-electron chi connectivity index (χ4n) is 1.86. The summed E-state index contributed by atoms with van der Waals surface area (Å²) in [4.78, 5) is 0. The Balaban J connectivity index is 2.07. The quantitative estimate of drug-likeness (QED) is 0.760. The van der Waals surface area contributed by atoms with E-state index in [1.165, 1.54) is 0 Å². The molecule has 1 saturated heterocycles. The second-order valence-corrected chi connectivity index (χ2v) is 6.21. The van der Waals surface area contributed by atoms with Crippen LogP contribution in [0.1, 0.15) is 30.1 Å². The summed E-state index contributed by atoms with van der Waals surface area (Å²) in [5.41, 5.74) is 1.55. The van der Waals surface area contributed by atoms with E-state index in [2.05, 4.69) is 10.2 Å². The Morgan fingerprint density at radius 1 is 1.47 bits per heavy atom. The number of aromatic amines is 1. The number of aliphatic hydroxyl groups excluding tert-OH is 1. The molecule has 0 radical (unpaired) electrons. The maximum atomic E-state index is 11.2. The van der Waals surface area contributed by atoms with Crippen LogP contribution in [-0.2, 0) is 16.4 Å². The predicted molar refractivity (Wildman–Crippen MR) is 55.1 cm³/mol. The van der Waals surface area contributed by atoms with Crippen LogP contribution in [0.25, 0.3) is 0 Å². The summed E-state index contributed by atoms with van der Waals surface area (Å²) >= 11 is 0. The first-order valence-corrected chi connectivity index (χ1v) is 6.78. The van der Waals surface area contributed by atoms with Crippen LogP contribution in [0, 0.1) is 0 Å². The fourth-order valence-corrected chi connectivity index (χ4v) is 3.35. The second-order valence-electron chi connectivity index (χ2n) is 3.90. The summed E-state index contributed by atoms with van der Waals surface area (Å²) in [5.74, 6) is 0.711. The van der Waals surface area contributed by atoms with Crippen LogP contribution in [-0.4, -0.2) is 35.2 Å². The minimum absolute atomic E-state index is 0.0575. The Morgan fingerprint density at radius 3 is 2.67 bits per heavy atom. The molecular formula is C9H14N2O3S. The molecule has 1 aromatic heterocycles. The minimum Gasteiger partial charge on any atom is -0.390 e. The molecule has 1 aliphatic rings. The summed E-state index contributed by atoms with van der Waals surface area (Å²) < 4.78 is 22.4. The number of hydrogen-bond acceptors (Lipinski definition) is 4. The van der Waals surface area contributed by atoms with Gasteiger partial charge in [-0.05, 0) is 18.9 Å². The maximum Gasteiger partial charge on any atom is 0.150 e. The van der Waals surface area contributed by atoms with Gasteiger partial charge in [0, 0.05) is 5.92 Å². The van der Waals surface area contributed by atoms with Crippen molar-refractivity contribution in [3.8, 4) is 0 Å². The van der Waals surface area contributed by atoms with Gasteiger partial charge in [-0.3, -0.25) is 5.10 Å². The van der Waals surface area contributed by atoms with Gasteiger partial charge in [0.05, 0.1) is 29.5 Å². The van der Waals surface area contributed by atoms with Crippen LogP contribution in [0.5, 0.6) is 0 Å². The van der Waals surface area contributed by atoms with Crippen molar-refractivity contribution >= 4 is 9.84 Å². The van der Waals surface area contributed by atoms with Crippen molar-refractivity contribution in [1.82, 2.24) is 10.2 Å². The van der Waals surface area contributed by atoms with E-state index in [-0.39, 0.29) is 24.0 Å². The summed E-state index contributed by atoms with van der Waals surface area (Å²) in [7, 11) is -2.81. The zero-order valence-corrected chi connectivity index (χ0v) is 9.13. The molecule has 6 heteroatoms. The Bertz CT molecular complexity index is 424. The van der Waals surface area contributed by atoms with E-state index in [1.807, 2.05) is 6.07 Å². The predicted octanol–water partition coefficient (Wildman–Crippen LogP) is 0.194. The summed E-state index contributed by atoms with van der Waals surface area (Å²) in [6, 6.07) is 1.81. The third-order valence-electron chi connectivity index (χ3n) is 2.79. The van der Waals surface area contributed by atoms with Crippen molar-refractivity contribution in [3.63, 3.8) is 0 Å². The lowest BCUT2D eigenvalue weighted by Gasteiger charge is -2.19. The van der Waals surface area contributed by atoms with Crippen LogP contribution >= 0.6 is 0 Å². The van der Waals surface area contributed by atoms with E-state index in [4.69, 9.17) is 5.11 Å². The Morgan fingerprint density at radius 2 is 2.13 bits per heavy atom. The normalized spacial score (nSPS) is 21.7. The summed E-state index contributed by atoms with van der Waals surface area (Å²) in [6.45, 7) is -0.0575. The highest BCUT2D eigenvalue weighted by Crippen LogP contribution is 2.27. The standard InChI is InChI=1S/C9H14N2O3S/c12-6-8-5-9(11-10-8)7-1-3-15(13,14)4-2-7/h5,7,12H,1-4,6H2,(H,10,11). The van der Waals surface area contributed by atoms with Gasteiger partial charge in [0.15, 0.2) is 0 Å². The number of H-pyrrole nitrogens is 1. The molecule has 0 unspecified atom stereocenters. The third kappa shape index (κ3) is 2.38. The molecular weight excluding hydrogens is 216 g/mol.